The van der Waals surface area contributed by atoms with Crippen LogP contribution < -0.4 is 10.6 Å². The highest BCUT2D eigenvalue weighted by atomic mass is 19.4. The van der Waals surface area contributed by atoms with Crippen molar-refractivity contribution in [1.29, 1.82) is 0 Å². The molecule has 3 N–H and O–H groups in total. The number of alkyl halides is 3. The number of carbonyl (C=O) groups excluding carboxylic acids is 1. The maximum absolute atomic E-state index is 12.6. The van der Waals surface area contributed by atoms with Gasteiger partial charge in [-0.1, -0.05) is 6.07 Å². The van der Waals surface area contributed by atoms with Crippen LogP contribution in [0.1, 0.15) is 24.0 Å². The Hall–Kier alpha value is -2.25. The summed E-state index contributed by atoms with van der Waals surface area (Å²) in [4.78, 5) is 21.8. The van der Waals surface area contributed by atoms with E-state index in [-0.39, 0.29) is 25.1 Å². The van der Waals surface area contributed by atoms with E-state index in [1.165, 1.54) is 6.07 Å². The maximum Gasteiger partial charge on any atom is 0.416 e. The molecule has 0 bridgehead atoms. The third kappa shape index (κ3) is 5.72. The molecule has 2 amide bonds. The summed E-state index contributed by atoms with van der Waals surface area (Å²) in [6.45, 7) is 1.69. The molecule has 0 heterocycles. The summed E-state index contributed by atoms with van der Waals surface area (Å²) < 4.78 is 37.7. The van der Waals surface area contributed by atoms with Gasteiger partial charge in [-0.2, -0.15) is 13.2 Å². The van der Waals surface area contributed by atoms with Gasteiger partial charge in [0.1, 0.15) is 0 Å². The van der Waals surface area contributed by atoms with Crippen LogP contribution in [0.4, 0.5) is 23.7 Å². The molecular formula is C13H15F3N2O3. The van der Waals surface area contributed by atoms with Gasteiger partial charge in [0.05, 0.1) is 5.56 Å². The Kier molecular flexibility index (Phi) is 5.57. The van der Waals surface area contributed by atoms with Crippen LogP contribution in [0.5, 0.6) is 0 Å². The van der Waals surface area contributed by atoms with Crippen LogP contribution in [-0.2, 0) is 11.0 Å². The van der Waals surface area contributed by atoms with Gasteiger partial charge in [-0.3, -0.25) is 4.79 Å². The summed E-state index contributed by atoms with van der Waals surface area (Å²) in [5.41, 5.74) is -0.307. The molecule has 8 heteroatoms. The summed E-state index contributed by atoms with van der Waals surface area (Å²) in [6, 6.07) is 2.38. The lowest BCUT2D eigenvalue weighted by atomic mass is 10.1. The molecule has 0 fully saturated rings. The van der Waals surface area contributed by atoms with Gasteiger partial charge in [-0.05, 0) is 31.0 Å². The Bertz CT molecular complexity index is 530. The van der Waals surface area contributed by atoms with Crippen molar-refractivity contribution in [1.82, 2.24) is 5.32 Å². The van der Waals surface area contributed by atoms with Crippen molar-refractivity contribution in [2.24, 2.45) is 0 Å². The van der Waals surface area contributed by atoms with Crippen LogP contribution in [0, 0.1) is 6.92 Å². The summed E-state index contributed by atoms with van der Waals surface area (Å²) in [5.74, 6) is -0.981. The molecule has 0 radical (unpaired) electrons. The highest BCUT2D eigenvalue weighted by Crippen LogP contribution is 2.31. The van der Waals surface area contributed by atoms with Gasteiger partial charge in [0, 0.05) is 18.7 Å². The lowest BCUT2D eigenvalue weighted by molar-refractivity contribution is -0.138. The van der Waals surface area contributed by atoms with Gasteiger partial charge in [0.25, 0.3) is 0 Å². The Morgan fingerprint density at radius 3 is 2.52 bits per heavy atom. The Labute approximate surface area is 119 Å². The van der Waals surface area contributed by atoms with Crippen molar-refractivity contribution in [2.45, 2.75) is 25.9 Å². The number of aliphatic carboxylic acids is 1. The first-order valence-corrected chi connectivity index (χ1v) is 6.14. The van der Waals surface area contributed by atoms with E-state index in [4.69, 9.17) is 5.11 Å². The van der Waals surface area contributed by atoms with E-state index in [9.17, 15) is 22.8 Å². The number of carboxylic acid groups (broad SMARTS) is 1. The number of aryl methyl sites for hydroxylation is 1. The molecule has 0 spiro atoms. The van der Waals surface area contributed by atoms with Crippen molar-refractivity contribution >= 4 is 17.7 Å². The zero-order valence-electron chi connectivity index (χ0n) is 11.3. The zero-order valence-corrected chi connectivity index (χ0v) is 11.3. The number of amides is 2. The summed E-state index contributed by atoms with van der Waals surface area (Å²) >= 11 is 0. The van der Waals surface area contributed by atoms with E-state index in [0.29, 0.717) is 5.56 Å². The second kappa shape index (κ2) is 6.96. The molecule has 21 heavy (non-hydrogen) atoms. The Balaban J connectivity index is 2.61. The zero-order chi connectivity index (χ0) is 16.0. The summed E-state index contributed by atoms with van der Waals surface area (Å²) in [7, 11) is 0. The van der Waals surface area contributed by atoms with Crippen molar-refractivity contribution < 1.29 is 27.9 Å². The predicted molar refractivity (Wildman–Crippen MR) is 70.1 cm³/mol. The maximum atomic E-state index is 12.6. The number of anilines is 1. The highest BCUT2D eigenvalue weighted by molar-refractivity contribution is 5.90. The van der Waals surface area contributed by atoms with Crippen molar-refractivity contribution in [3.63, 3.8) is 0 Å². The second-order valence-electron chi connectivity index (χ2n) is 4.41. The Morgan fingerprint density at radius 1 is 1.29 bits per heavy atom. The van der Waals surface area contributed by atoms with Crippen molar-refractivity contribution in [3.8, 4) is 0 Å². The molecule has 1 aromatic rings. The van der Waals surface area contributed by atoms with E-state index in [1.807, 2.05) is 0 Å². The molecule has 0 saturated carbocycles. The number of carboxylic acids is 1. The standard InChI is InChI=1S/C13H15F3N2O3/c1-8-4-5-9(13(14,15)16)7-10(8)18-12(21)17-6-2-3-11(19)20/h4-5,7H,2-3,6H2,1H3,(H,19,20)(H2,17,18,21). The van der Waals surface area contributed by atoms with Crippen LogP contribution in [0.25, 0.3) is 0 Å². The lowest BCUT2D eigenvalue weighted by Gasteiger charge is -2.13. The number of halogens is 3. The second-order valence-corrected chi connectivity index (χ2v) is 4.41. The molecule has 0 aliphatic heterocycles. The molecule has 0 atom stereocenters. The summed E-state index contributed by atoms with van der Waals surface area (Å²) in [6.07, 6.45) is -4.34. The molecular weight excluding hydrogens is 289 g/mol. The number of nitrogens with one attached hydrogen (secondary N) is 2. The first-order chi connectivity index (χ1) is 9.70. The van der Waals surface area contributed by atoms with Gasteiger partial charge in [-0.25, -0.2) is 4.79 Å². The monoisotopic (exact) mass is 304 g/mol. The number of hydrogen-bond donors (Lipinski definition) is 3. The van der Waals surface area contributed by atoms with E-state index in [2.05, 4.69) is 10.6 Å². The van der Waals surface area contributed by atoms with Gasteiger partial charge < -0.3 is 15.7 Å². The third-order valence-electron chi connectivity index (χ3n) is 2.67. The van der Waals surface area contributed by atoms with Gasteiger partial charge in [-0.15, -0.1) is 0 Å². The first-order valence-electron chi connectivity index (χ1n) is 6.14. The Morgan fingerprint density at radius 2 is 1.95 bits per heavy atom. The van der Waals surface area contributed by atoms with Crippen LogP contribution in [0.15, 0.2) is 18.2 Å². The minimum atomic E-state index is -4.48. The first kappa shape index (κ1) is 16.8. The average Bonchev–Trinajstić information content (AvgIpc) is 2.36. The number of carbonyl (C=O) groups is 2. The minimum absolute atomic E-state index is 0.0561. The quantitative estimate of drug-likeness (QED) is 0.732. The molecule has 0 aromatic heterocycles. The van der Waals surface area contributed by atoms with Gasteiger partial charge >= 0.3 is 18.2 Å². The molecule has 1 rings (SSSR count). The normalized spacial score (nSPS) is 11.0. The molecule has 1 aromatic carbocycles. The molecule has 5 nitrogen and oxygen atoms in total. The van der Waals surface area contributed by atoms with E-state index < -0.39 is 23.7 Å². The number of hydrogen-bond acceptors (Lipinski definition) is 2. The molecule has 0 aliphatic rings. The number of benzene rings is 1. The minimum Gasteiger partial charge on any atom is -0.481 e. The van der Waals surface area contributed by atoms with Crippen molar-refractivity contribution in [2.75, 3.05) is 11.9 Å². The third-order valence-corrected chi connectivity index (χ3v) is 2.67. The topological polar surface area (TPSA) is 78.4 Å². The summed E-state index contributed by atoms with van der Waals surface area (Å²) in [5, 5.41) is 13.1. The van der Waals surface area contributed by atoms with Gasteiger partial charge in [0.2, 0.25) is 0 Å². The van der Waals surface area contributed by atoms with Crippen LogP contribution in [0.3, 0.4) is 0 Å². The smallest absolute Gasteiger partial charge is 0.416 e. The average molecular weight is 304 g/mol. The highest BCUT2D eigenvalue weighted by Gasteiger charge is 2.30. The molecule has 0 unspecified atom stereocenters. The molecule has 0 saturated heterocycles. The van der Waals surface area contributed by atoms with E-state index in [1.54, 1.807) is 6.92 Å². The lowest BCUT2D eigenvalue weighted by Crippen LogP contribution is -2.30. The molecule has 0 aliphatic carbocycles. The fraction of sp³-hybridized carbons (Fsp3) is 0.385. The SMILES string of the molecule is Cc1ccc(C(F)(F)F)cc1NC(=O)NCCCC(=O)O. The predicted octanol–water partition coefficient (Wildman–Crippen LogP) is 3.00. The number of urea groups is 1. The van der Waals surface area contributed by atoms with Crippen LogP contribution >= 0.6 is 0 Å². The largest absolute Gasteiger partial charge is 0.481 e. The fourth-order valence-electron chi connectivity index (χ4n) is 1.54. The molecule has 116 valence electrons. The van der Waals surface area contributed by atoms with E-state index in [0.717, 1.165) is 12.1 Å². The van der Waals surface area contributed by atoms with Crippen LogP contribution in [0.2, 0.25) is 0 Å². The van der Waals surface area contributed by atoms with Gasteiger partial charge in [0.15, 0.2) is 0 Å². The number of rotatable bonds is 5. The van der Waals surface area contributed by atoms with E-state index >= 15 is 0 Å². The van der Waals surface area contributed by atoms with Crippen LogP contribution in [-0.4, -0.2) is 23.7 Å². The van der Waals surface area contributed by atoms with Crippen molar-refractivity contribution in [3.05, 3.63) is 29.3 Å². The fourth-order valence-corrected chi connectivity index (χ4v) is 1.54.